The lowest BCUT2D eigenvalue weighted by Gasteiger charge is -2.41. The molecule has 0 heterocycles. The van der Waals surface area contributed by atoms with Crippen LogP contribution in [0, 0.1) is 5.41 Å². The van der Waals surface area contributed by atoms with Gasteiger partial charge < -0.3 is 10.6 Å². The molecule has 0 aliphatic heterocycles. The Balaban J connectivity index is 2.45. The van der Waals surface area contributed by atoms with Gasteiger partial charge in [-0.25, -0.2) is 0 Å². The van der Waals surface area contributed by atoms with Crippen LogP contribution in [-0.2, 0) is 4.79 Å². The zero-order valence-electron chi connectivity index (χ0n) is 12.2. The van der Waals surface area contributed by atoms with Crippen molar-refractivity contribution in [2.45, 2.75) is 58.2 Å². The Bertz CT molecular complexity index is 277. The van der Waals surface area contributed by atoms with Gasteiger partial charge >= 0.3 is 0 Å². The zero-order chi connectivity index (χ0) is 13.8. The van der Waals surface area contributed by atoms with Gasteiger partial charge in [0.05, 0.1) is 5.75 Å². The highest BCUT2D eigenvalue weighted by atomic mass is 32.2. The lowest BCUT2D eigenvalue weighted by atomic mass is 9.73. The molecule has 18 heavy (non-hydrogen) atoms. The summed E-state index contributed by atoms with van der Waals surface area (Å²) in [6.07, 6.45) is 3.59. The molecule has 0 aromatic heterocycles. The average molecular weight is 272 g/mol. The Hall–Kier alpha value is -0.220. The van der Waals surface area contributed by atoms with E-state index < -0.39 is 0 Å². The van der Waals surface area contributed by atoms with E-state index in [4.69, 9.17) is 5.73 Å². The molecule has 106 valence electrons. The highest BCUT2D eigenvalue weighted by molar-refractivity contribution is 8.00. The van der Waals surface area contributed by atoms with Gasteiger partial charge in [-0.1, -0.05) is 20.3 Å². The number of amides is 1. The van der Waals surface area contributed by atoms with Gasteiger partial charge in [0, 0.05) is 24.4 Å². The molecule has 0 aromatic rings. The summed E-state index contributed by atoms with van der Waals surface area (Å²) in [7, 11) is 0. The topological polar surface area (TPSA) is 46.3 Å². The van der Waals surface area contributed by atoms with Crippen LogP contribution in [-0.4, -0.2) is 40.9 Å². The fourth-order valence-corrected chi connectivity index (χ4v) is 4.09. The number of nitrogens with zero attached hydrogens (tertiary/aromatic N) is 1. The second-order valence-corrected chi connectivity index (χ2v) is 7.05. The largest absolute Gasteiger partial charge is 0.343 e. The van der Waals surface area contributed by atoms with Crippen LogP contribution in [0.4, 0.5) is 0 Å². The molecule has 3 nitrogen and oxygen atoms in total. The molecule has 1 aliphatic rings. The smallest absolute Gasteiger partial charge is 0.232 e. The number of rotatable bonds is 5. The van der Waals surface area contributed by atoms with Crippen LogP contribution in [0.1, 0.15) is 47.0 Å². The third-order valence-electron chi connectivity index (χ3n) is 4.15. The van der Waals surface area contributed by atoms with Crippen LogP contribution >= 0.6 is 11.8 Å². The molecular weight excluding hydrogens is 244 g/mol. The van der Waals surface area contributed by atoms with Crippen LogP contribution in [0.3, 0.4) is 0 Å². The van der Waals surface area contributed by atoms with Gasteiger partial charge in [-0.2, -0.15) is 0 Å². The molecule has 0 radical (unpaired) electrons. The van der Waals surface area contributed by atoms with Crippen LogP contribution in [0.15, 0.2) is 0 Å². The molecule has 0 saturated heterocycles. The van der Waals surface area contributed by atoms with E-state index in [2.05, 4.69) is 13.8 Å². The monoisotopic (exact) mass is 272 g/mol. The molecule has 0 spiro atoms. The highest BCUT2D eigenvalue weighted by Crippen LogP contribution is 2.39. The first-order chi connectivity index (χ1) is 8.42. The molecular formula is C14H28N2OS. The van der Waals surface area contributed by atoms with E-state index in [0.717, 1.165) is 19.5 Å². The molecule has 1 rings (SSSR count). The summed E-state index contributed by atoms with van der Waals surface area (Å²) >= 11 is 1.76. The van der Waals surface area contributed by atoms with Gasteiger partial charge in [0.1, 0.15) is 0 Å². The third kappa shape index (κ3) is 3.89. The Morgan fingerprint density at radius 2 is 2.00 bits per heavy atom. The van der Waals surface area contributed by atoms with E-state index in [1.54, 1.807) is 11.8 Å². The Kier molecular flexibility index (Phi) is 5.99. The lowest BCUT2D eigenvalue weighted by molar-refractivity contribution is -0.127. The van der Waals surface area contributed by atoms with Crippen molar-refractivity contribution in [1.82, 2.24) is 4.90 Å². The minimum Gasteiger partial charge on any atom is -0.343 e. The Morgan fingerprint density at radius 1 is 1.39 bits per heavy atom. The van der Waals surface area contributed by atoms with Crippen molar-refractivity contribution in [3.05, 3.63) is 0 Å². The van der Waals surface area contributed by atoms with Gasteiger partial charge in [-0.15, -0.1) is 11.8 Å². The minimum atomic E-state index is 0.209. The van der Waals surface area contributed by atoms with Crippen LogP contribution in [0.2, 0.25) is 0 Å². The van der Waals surface area contributed by atoms with Crippen molar-refractivity contribution in [3.63, 3.8) is 0 Å². The quantitative estimate of drug-likeness (QED) is 0.836. The molecule has 4 heteroatoms. The van der Waals surface area contributed by atoms with E-state index >= 15 is 0 Å². The molecule has 2 atom stereocenters. The van der Waals surface area contributed by atoms with Crippen LogP contribution < -0.4 is 5.73 Å². The second kappa shape index (κ2) is 6.80. The number of carbonyl (C=O) groups excluding carboxylic acids is 1. The molecule has 0 aromatic carbocycles. The van der Waals surface area contributed by atoms with E-state index in [-0.39, 0.29) is 17.4 Å². The summed E-state index contributed by atoms with van der Waals surface area (Å²) in [6, 6.07) is 0.209. The van der Waals surface area contributed by atoms with Crippen molar-refractivity contribution < 1.29 is 4.79 Å². The maximum atomic E-state index is 12.0. The summed E-state index contributed by atoms with van der Waals surface area (Å²) in [5.74, 6) is 0.830. The predicted octanol–water partition coefficient (Wildman–Crippen LogP) is 2.49. The maximum absolute atomic E-state index is 12.0. The van der Waals surface area contributed by atoms with Gasteiger partial charge in [0.15, 0.2) is 0 Å². The maximum Gasteiger partial charge on any atom is 0.232 e. The van der Waals surface area contributed by atoms with Crippen LogP contribution in [0.25, 0.3) is 0 Å². The molecule has 1 fully saturated rings. The van der Waals surface area contributed by atoms with Crippen LogP contribution in [0.5, 0.6) is 0 Å². The van der Waals surface area contributed by atoms with Crippen molar-refractivity contribution in [3.8, 4) is 0 Å². The number of carbonyl (C=O) groups is 1. The fourth-order valence-electron chi connectivity index (χ4n) is 2.64. The Morgan fingerprint density at radius 3 is 2.56 bits per heavy atom. The molecule has 1 aliphatic carbocycles. The van der Waals surface area contributed by atoms with Crippen molar-refractivity contribution in [1.29, 1.82) is 0 Å². The summed E-state index contributed by atoms with van der Waals surface area (Å²) in [4.78, 5) is 13.9. The van der Waals surface area contributed by atoms with E-state index in [0.29, 0.717) is 11.0 Å². The first kappa shape index (κ1) is 15.8. The normalized spacial score (nSPS) is 26.9. The summed E-state index contributed by atoms with van der Waals surface area (Å²) in [6.45, 7) is 10.2. The molecule has 2 N–H and O–H groups in total. The summed E-state index contributed by atoms with van der Waals surface area (Å²) < 4.78 is 0. The minimum absolute atomic E-state index is 0.209. The number of nitrogens with two attached hydrogens (primary N) is 1. The highest BCUT2D eigenvalue weighted by Gasteiger charge is 2.36. The van der Waals surface area contributed by atoms with Gasteiger partial charge in [0.2, 0.25) is 5.91 Å². The first-order valence-electron chi connectivity index (χ1n) is 7.07. The third-order valence-corrected chi connectivity index (χ3v) is 5.52. The van der Waals surface area contributed by atoms with E-state index in [1.165, 1.54) is 12.8 Å². The van der Waals surface area contributed by atoms with Gasteiger partial charge in [-0.3, -0.25) is 4.79 Å². The molecule has 2 unspecified atom stereocenters. The standard InChI is InChI=1S/C14H28N2OS/c1-5-16(6-2)12(17)10-18-11-8-7-9-14(3,4)13(11)15/h11,13H,5-10,15H2,1-4H3. The second-order valence-electron chi connectivity index (χ2n) is 5.82. The van der Waals surface area contributed by atoms with E-state index in [1.807, 2.05) is 18.7 Å². The van der Waals surface area contributed by atoms with Gasteiger partial charge in [0.25, 0.3) is 0 Å². The predicted molar refractivity (Wildman–Crippen MR) is 79.8 cm³/mol. The summed E-state index contributed by atoms with van der Waals surface area (Å²) in [5.41, 5.74) is 6.55. The molecule has 1 saturated carbocycles. The van der Waals surface area contributed by atoms with Crippen molar-refractivity contribution in [2.75, 3.05) is 18.8 Å². The zero-order valence-corrected chi connectivity index (χ0v) is 13.1. The molecule has 1 amide bonds. The first-order valence-corrected chi connectivity index (χ1v) is 8.12. The number of thioether (sulfide) groups is 1. The fraction of sp³-hybridized carbons (Fsp3) is 0.929. The lowest BCUT2D eigenvalue weighted by Crippen LogP contribution is -2.48. The molecule has 0 bridgehead atoms. The summed E-state index contributed by atoms with van der Waals surface area (Å²) in [5, 5.41) is 0.438. The number of hydrogen-bond acceptors (Lipinski definition) is 3. The SMILES string of the molecule is CCN(CC)C(=O)CSC1CCCC(C)(C)C1N. The average Bonchev–Trinajstić information content (AvgIpc) is 2.32. The van der Waals surface area contributed by atoms with Crippen molar-refractivity contribution >= 4 is 17.7 Å². The van der Waals surface area contributed by atoms with Gasteiger partial charge in [-0.05, 0) is 32.1 Å². The van der Waals surface area contributed by atoms with E-state index in [9.17, 15) is 4.79 Å². The van der Waals surface area contributed by atoms with Crippen molar-refractivity contribution in [2.24, 2.45) is 11.1 Å². The Labute approximate surface area is 116 Å². The number of hydrogen-bond donors (Lipinski definition) is 1.